The first-order valence-corrected chi connectivity index (χ1v) is 11.9. The minimum Gasteiger partial charge on any atom is -0.365 e. The summed E-state index contributed by atoms with van der Waals surface area (Å²) in [6, 6.07) is 10.4. The number of nitrogens with zero attached hydrogens (tertiary/aromatic N) is 4. The lowest BCUT2D eigenvalue weighted by atomic mass is 9.97. The number of amides is 2. The van der Waals surface area contributed by atoms with Crippen LogP contribution >= 0.6 is 11.6 Å². The second kappa shape index (κ2) is 9.78. The molecule has 0 unspecified atom stereocenters. The van der Waals surface area contributed by atoms with Gasteiger partial charge in [0.05, 0.1) is 12.6 Å². The van der Waals surface area contributed by atoms with E-state index < -0.39 is 35.6 Å². The molecule has 0 aliphatic carbocycles. The topological polar surface area (TPSA) is 103 Å². The monoisotopic (exact) mass is 525 g/mol. The van der Waals surface area contributed by atoms with E-state index in [0.29, 0.717) is 10.6 Å². The molecule has 2 atom stereocenters. The van der Waals surface area contributed by atoms with Crippen LogP contribution in [0.4, 0.5) is 8.78 Å². The van der Waals surface area contributed by atoms with Gasteiger partial charge < -0.3 is 10.6 Å². The Balaban J connectivity index is 1.37. The van der Waals surface area contributed by atoms with Crippen molar-refractivity contribution in [3.8, 4) is 11.1 Å². The largest absolute Gasteiger partial charge is 0.365 e. The summed E-state index contributed by atoms with van der Waals surface area (Å²) in [6.45, 7) is -0.526. The van der Waals surface area contributed by atoms with Gasteiger partial charge in [-0.2, -0.15) is 0 Å². The Morgan fingerprint density at radius 2 is 1.86 bits per heavy atom. The number of primary amides is 1. The molecule has 5 rings (SSSR count). The van der Waals surface area contributed by atoms with Gasteiger partial charge in [-0.3, -0.25) is 19.1 Å². The SMILES string of the molecule is NC(=O)c1cn(CC(=O)N2C[C@H](F)C[C@H]2C(=O)Cc2cccc(-c3ccccc3Cl)c2F)n2ccnc12. The molecule has 2 aromatic carbocycles. The number of aromatic nitrogens is 3. The molecule has 8 nitrogen and oxygen atoms in total. The van der Waals surface area contributed by atoms with Crippen LogP contribution in [0.5, 0.6) is 0 Å². The van der Waals surface area contributed by atoms with E-state index in [9.17, 15) is 18.8 Å². The molecule has 11 heteroatoms. The Morgan fingerprint density at radius 3 is 2.62 bits per heavy atom. The zero-order chi connectivity index (χ0) is 26.3. The molecule has 37 heavy (non-hydrogen) atoms. The molecular formula is C26H22ClF2N5O3. The molecule has 0 radical (unpaired) electrons. The van der Waals surface area contributed by atoms with Gasteiger partial charge in [0.1, 0.15) is 24.1 Å². The number of likely N-dealkylation sites (tertiary alicyclic amines) is 1. The van der Waals surface area contributed by atoms with Gasteiger partial charge in [-0.05, 0) is 11.6 Å². The van der Waals surface area contributed by atoms with Gasteiger partial charge in [-0.15, -0.1) is 0 Å². The Bertz CT molecular complexity index is 1530. The summed E-state index contributed by atoms with van der Waals surface area (Å²) < 4.78 is 32.7. The molecule has 4 aromatic rings. The highest BCUT2D eigenvalue weighted by molar-refractivity contribution is 6.33. The predicted octanol–water partition coefficient (Wildman–Crippen LogP) is 3.45. The molecule has 2 aromatic heterocycles. The van der Waals surface area contributed by atoms with Gasteiger partial charge in [0.2, 0.25) is 5.91 Å². The minimum absolute atomic E-state index is 0.129. The maximum Gasteiger partial charge on any atom is 0.254 e. The summed E-state index contributed by atoms with van der Waals surface area (Å²) in [7, 11) is 0. The summed E-state index contributed by atoms with van der Waals surface area (Å²) in [4.78, 5) is 43.3. The van der Waals surface area contributed by atoms with Crippen molar-refractivity contribution in [2.24, 2.45) is 5.73 Å². The van der Waals surface area contributed by atoms with Crippen LogP contribution in [0.3, 0.4) is 0 Å². The number of ketones is 1. The fraction of sp³-hybridized carbons (Fsp3) is 0.231. The summed E-state index contributed by atoms with van der Waals surface area (Å²) >= 11 is 6.22. The van der Waals surface area contributed by atoms with Crippen molar-refractivity contribution in [1.29, 1.82) is 0 Å². The van der Waals surface area contributed by atoms with Crippen molar-refractivity contribution in [3.05, 3.63) is 83.0 Å². The van der Waals surface area contributed by atoms with Gasteiger partial charge in [-0.25, -0.2) is 18.3 Å². The molecule has 190 valence electrons. The number of rotatable bonds is 7. The zero-order valence-corrected chi connectivity index (χ0v) is 20.2. The number of Topliss-reactive ketones (excluding diaryl/α,β-unsaturated/α-hetero) is 1. The fourth-order valence-electron chi connectivity index (χ4n) is 4.77. The maximum atomic E-state index is 15.4. The number of hydrogen-bond acceptors (Lipinski definition) is 4. The molecule has 1 aliphatic heterocycles. The molecule has 1 fully saturated rings. The number of hydrogen-bond donors (Lipinski definition) is 1. The number of imidazole rings is 1. The summed E-state index contributed by atoms with van der Waals surface area (Å²) in [5, 5.41) is 0.370. The Labute approximate surface area is 215 Å². The summed E-state index contributed by atoms with van der Waals surface area (Å²) in [5.41, 5.74) is 6.68. The molecule has 3 heterocycles. The molecule has 1 aliphatic rings. The van der Waals surface area contributed by atoms with E-state index in [1.54, 1.807) is 42.6 Å². The number of benzene rings is 2. The van der Waals surface area contributed by atoms with Crippen LogP contribution in [0.1, 0.15) is 22.3 Å². The number of carbonyl (C=O) groups is 3. The van der Waals surface area contributed by atoms with Crippen LogP contribution in [0.2, 0.25) is 5.02 Å². The lowest BCUT2D eigenvalue weighted by Crippen LogP contribution is -2.43. The standard InChI is InChI=1S/C26H22ClF2N5O3/c27-20-7-2-1-5-17(20)18-6-3-4-15(24(18)29)10-22(35)21-11-16(28)12-33(21)23(36)14-32-13-19(25(30)37)26-31-8-9-34(26)32/h1-9,13,16,21H,10-12,14H2,(H2,30,37)/t16-,21+/m1/s1. The lowest BCUT2D eigenvalue weighted by molar-refractivity contribution is -0.138. The third-order valence-electron chi connectivity index (χ3n) is 6.53. The van der Waals surface area contributed by atoms with E-state index in [0.717, 1.165) is 0 Å². The van der Waals surface area contributed by atoms with Gasteiger partial charge in [0, 0.05) is 47.6 Å². The molecule has 0 bridgehead atoms. The van der Waals surface area contributed by atoms with Crippen LogP contribution in [0.25, 0.3) is 16.8 Å². The van der Waals surface area contributed by atoms with Crippen LogP contribution in [-0.2, 0) is 22.6 Å². The molecule has 1 saturated heterocycles. The Morgan fingerprint density at radius 1 is 1.11 bits per heavy atom. The molecular weight excluding hydrogens is 504 g/mol. The van der Waals surface area contributed by atoms with Gasteiger partial charge in [-0.1, -0.05) is 48.0 Å². The molecule has 0 saturated carbocycles. The maximum absolute atomic E-state index is 15.4. The van der Waals surface area contributed by atoms with E-state index >= 15 is 4.39 Å². The van der Waals surface area contributed by atoms with Crippen LogP contribution in [-0.4, -0.2) is 55.4 Å². The van der Waals surface area contributed by atoms with E-state index in [1.165, 1.54) is 32.6 Å². The average molecular weight is 526 g/mol. The third kappa shape index (κ3) is 4.60. The second-order valence-electron chi connectivity index (χ2n) is 8.90. The number of fused-ring (bicyclic) bond motifs is 1. The number of halogens is 3. The van der Waals surface area contributed by atoms with Crippen molar-refractivity contribution >= 4 is 34.8 Å². The normalized spacial score (nSPS) is 17.4. The minimum atomic E-state index is -1.39. The number of alkyl halides is 1. The van der Waals surface area contributed by atoms with E-state index in [2.05, 4.69) is 4.98 Å². The molecule has 2 N–H and O–H groups in total. The van der Waals surface area contributed by atoms with Crippen LogP contribution in [0.15, 0.2) is 61.1 Å². The van der Waals surface area contributed by atoms with Crippen molar-refractivity contribution in [3.63, 3.8) is 0 Å². The van der Waals surface area contributed by atoms with Gasteiger partial charge in [0.25, 0.3) is 5.91 Å². The van der Waals surface area contributed by atoms with Crippen LogP contribution in [0, 0.1) is 5.82 Å². The van der Waals surface area contributed by atoms with E-state index in [-0.39, 0.29) is 48.3 Å². The third-order valence-corrected chi connectivity index (χ3v) is 6.86. The number of nitrogens with two attached hydrogens (primary N) is 1. The van der Waals surface area contributed by atoms with Crippen molar-refractivity contribution in [2.75, 3.05) is 6.54 Å². The quantitative estimate of drug-likeness (QED) is 0.399. The first-order valence-electron chi connectivity index (χ1n) is 11.6. The molecule has 0 spiro atoms. The van der Waals surface area contributed by atoms with E-state index in [1.807, 2.05) is 0 Å². The lowest BCUT2D eigenvalue weighted by Gasteiger charge is -2.24. The van der Waals surface area contributed by atoms with Crippen molar-refractivity contribution < 1.29 is 23.2 Å². The summed E-state index contributed by atoms with van der Waals surface area (Å²) in [6.07, 6.45) is 2.51. The highest BCUT2D eigenvalue weighted by atomic mass is 35.5. The predicted molar refractivity (Wildman–Crippen MR) is 132 cm³/mol. The summed E-state index contributed by atoms with van der Waals surface area (Å²) in [5.74, 6) is -2.29. The Kier molecular flexibility index (Phi) is 6.51. The zero-order valence-electron chi connectivity index (χ0n) is 19.5. The highest BCUT2D eigenvalue weighted by Gasteiger charge is 2.39. The van der Waals surface area contributed by atoms with Gasteiger partial charge >= 0.3 is 0 Å². The van der Waals surface area contributed by atoms with Gasteiger partial charge in [0.15, 0.2) is 11.4 Å². The Hall–Kier alpha value is -4.05. The average Bonchev–Trinajstić information content (AvgIpc) is 3.57. The molecule has 2 amide bonds. The van der Waals surface area contributed by atoms with Crippen LogP contribution < -0.4 is 5.73 Å². The number of carbonyl (C=O) groups excluding carboxylic acids is 3. The first kappa shape index (κ1) is 24.6. The second-order valence-corrected chi connectivity index (χ2v) is 9.30. The first-order chi connectivity index (χ1) is 17.7. The van der Waals surface area contributed by atoms with Crippen molar-refractivity contribution in [2.45, 2.75) is 31.6 Å². The highest BCUT2D eigenvalue weighted by Crippen LogP contribution is 2.32. The van der Waals surface area contributed by atoms with E-state index in [4.69, 9.17) is 17.3 Å². The van der Waals surface area contributed by atoms with Crippen molar-refractivity contribution in [1.82, 2.24) is 19.1 Å². The fourth-order valence-corrected chi connectivity index (χ4v) is 5.00. The smallest absolute Gasteiger partial charge is 0.254 e.